The molecule has 0 saturated heterocycles. The van der Waals surface area contributed by atoms with Gasteiger partial charge in [-0.1, -0.05) is 27.2 Å². The molecule has 3 atom stereocenters. The molecule has 102 valence electrons. The summed E-state index contributed by atoms with van der Waals surface area (Å²) < 4.78 is 0. The van der Waals surface area contributed by atoms with Gasteiger partial charge in [-0.15, -0.1) is 10.2 Å². The first kappa shape index (κ1) is 13.5. The summed E-state index contributed by atoms with van der Waals surface area (Å²) in [6.45, 7) is 6.59. The van der Waals surface area contributed by atoms with Crippen LogP contribution in [-0.4, -0.2) is 30.9 Å². The highest BCUT2D eigenvalue weighted by Gasteiger charge is 2.43. The second kappa shape index (κ2) is 4.96. The van der Waals surface area contributed by atoms with Crippen molar-refractivity contribution < 1.29 is 5.11 Å². The smallest absolute Gasteiger partial charge is 0.177 e. The SMILES string of the molecule is CC1CCC(C(C)C)C(O)(Cc2nnn(C)n2)C1. The van der Waals surface area contributed by atoms with Crippen molar-refractivity contribution in [2.75, 3.05) is 0 Å². The molecule has 5 nitrogen and oxygen atoms in total. The molecule has 0 spiro atoms. The fourth-order valence-electron chi connectivity index (χ4n) is 3.41. The zero-order valence-corrected chi connectivity index (χ0v) is 11.8. The predicted molar refractivity (Wildman–Crippen MR) is 68.8 cm³/mol. The number of aliphatic hydroxyl groups is 1. The van der Waals surface area contributed by atoms with E-state index in [-0.39, 0.29) is 0 Å². The summed E-state index contributed by atoms with van der Waals surface area (Å²) >= 11 is 0. The van der Waals surface area contributed by atoms with Gasteiger partial charge in [0.25, 0.3) is 0 Å². The van der Waals surface area contributed by atoms with Crippen LogP contribution < -0.4 is 0 Å². The van der Waals surface area contributed by atoms with Gasteiger partial charge in [-0.2, -0.15) is 4.80 Å². The van der Waals surface area contributed by atoms with Crippen molar-refractivity contribution in [1.82, 2.24) is 20.2 Å². The number of rotatable bonds is 3. The number of hydrogen-bond acceptors (Lipinski definition) is 4. The van der Waals surface area contributed by atoms with Gasteiger partial charge in [-0.3, -0.25) is 0 Å². The van der Waals surface area contributed by atoms with E-state index in [9.17, 15) is 5.11 Å². The highest BCUT2D eigenvalue weighted by atomic mass is 16.3. The van der Waals surface area contributed by atoms with Crippen LogP contribution >= 0.6 is 0 Å². The van der Waals surface area contributed by atoms with E-state index < -0.39 is 5.60 Å². The largest absolute Gasteiger partial charge is 0.389 e. The fourth-order valence-corrected chi connectivity index (χ4v) is 3.41. The van der Waals surface area contributed by atoms with Crippen molar-refractivity contribution in [3.05, 3.63) is 5.82 Å². The zero-order chi connectivity index (χ0) is 13.3. The normalized spacial score (nSPS) is 33.0. The standard InChI is InChI=1S/C13H24N4O/c1-9(2)11-6-5-10(3)7-13(11,18)8-12-14-16-17(4)15-12/h9-11,18H,5-8H2,1-4H3. The maximum atomic E-state index is 11.0. The first-order valence-corrected chi connectivity index (χ1v) is 6.86. The van der Waals surface area contributed by atoms with E-state index in [1.54, 1.807) is 7.05 Å². The molecule has 1 fully saturated rings. The van der Waals surface area contributed by atoms with Gasteiger partial charge in [-0.25, -0.2) is 0 Å². The predicted octanol–water partition coefficient (Wildman–Crippen LogP) is 1.58. The molecule has 0 amide bonds. The zero-order valence-electron chi connectivity index (χ0n) is 11.8. The molecule has 1 aliphatic rings. The Kier molecular flexibility index (Phi) is 3.71. The van der Waals surface area contributed by atoms with Crippen LogP contribution in [0.2, 0.25) is 0 Å². The van der Waals surface area contributed by atoms with Gasteiger partial charge in [0.05, 0.1) is 12.6 Å². The average Bonchev–Trinajstić information content (AvgIpc) is 2.62. The molecule has 1 aromatic heterocycles. The summed E-state index contributed by atoms with van der Waals surface area (Å²) in [5.41, 5.74) is -0.672. The van der Waals surface area contributed by atoms with E-state index in [2.05, 4.69) is 36.2 Å². The number of aryl methyl sites for hydroxylation is 1. The molecule has 1 saturated carbocycles. The second-order valence-electron chi connectivity index (χ2n) is 6.21. The van der Waals surface area contributed by atoms with Crippen molar-refractivity contribution in [3.63, 3.8) is 0 Å². The van der Waals surface area contributed by atoms with Crippen LogP contribution in [-0.2, 0) is 13.5 Å². The number of tetrazole rings is 1. The van der Waals surface area contributed by atoms with Crippen LogP contribution in [0.15, 0.2) is 0 Å². The monoisotopic (exact) mass is 252 g/mol. The Labute approximate surface area is 109 Å². The number of aromatic nitrogens is 4. The third kappa shape index (κ3) is 2.71. The van der Waals surface area contributed by atoms with E-state index in [0.29, 0.717) is 30.0 Å². The molecule has 0 bridgehead atoms. The first-order valence-electron chi connectivity index (χ1n) is 6.86. The molecule has 2 rings (SSSR count). The van der Waals surface area contributed by atoms with E-state index in [1.165, 1.54) is 11.2 Å². The van der Waals surface area contributed by atoms with Crippen LogP contribution in [0.5, 0.6) is 0 Å². The molecule has 5 heteroatoms. The third-order valence-electron chi connectivity index (χ3n) is 4.18. The average molecular weight is 252 g/mol. The van der Waals surface area contributed by atoms with Crippen molar-refractivity contribution in [2.24, 2.45) is 24.8 Å². The molecule has 1 heterocycles. The van der Waals surface area contributed by atoms with Gasteiger partial charge in [-0.05, 0) is 35.8 Å². The summed E-state index contributed by atoms with van der Waals surface area (Å²) in [4.78, 5) is 1.45. The number of nitrogens with zero attached hydrogens (tertiary/aromatic N) is 4. The maximum Gasteiger partial charge on any atom is 0.177 e. The Morgan fingerprint density at radius 2 is 2.17 bits per heavy atom. The van der Waals surface area contributed by atoms with Crippen molar-refractivity contribution in [1.29, 1.82) is 0 Å². The van der Waals surface area contributed by atoms with E-state index >= 15 is 0 Å². The second-order valence-corrected chi connectivity index (χ2v) is 6.21. The van der Waals surface area contributed by atoms with Gasteiger partial charge >= 0.3 is 0 Å². The van der Waals surface area contributed by atoms with Crippen molar-refractivity contribution in [2.45, 2.75) is 52.1 Å². The quantitative estimate of drug-likeness (QED) is 0.887. The Balaban J connectivity index is 2.18. The van der Waals surface area contributed by atoms with Gasteiger partial charge in [0.15, 0.2) is 5.82 Å². The van der Waals surface area contributed by atoms with E-state index in [0.717, 1.165) is 12.8 Å². The summed E-state index contributed by atoms with van der Waals surface area (Å²) in [6, 6.07) is 0. The molecule has 18 heavy (non-hydrogen) atoms. The lowest BCUT2D eigenvalue weighted by atomic mass is 9.65. The minimum atomic E-state index is -0.672. The minimum absolute atomic E-state index is 0.331. The summed E-state index contributed by atoms with van der Waals surface area (Å²) in [5.74, 6) is 2.04. The van der Waals surface area contributed by atoms with E-state index in [1.807, 2.05) is 0 Å². The van der Waals surface area contributed by atoms with Crippen LogP contribution in [0.3, 0.4) is 0 Å². The fraction of sp³-hybridized carbons (Fsp3) is 0.923. The molecule has 0 radical (unpaired) electrons. The van der Waals surface area contributed by atoms with Crippen molar-refractivity contribution >= 4 is 0 Å². The van der Waals surface area contributed by atoms with Gasteiger partial charge < -0.3 is 5.11 Å². The van der Waals surface area contributed by atoms with Gasteiger partial charge in [0.2, 0.25) is 0 Å². The lowest BCUT2D eigenvalue weighted by Gasteiger charge is -2.44. The van der Waals surface area contributed by atoms with Crippen molar-refractivity contribution in [3.8, 4) is 0 Å². The molecule has 1 aromatic rings. The van der Waals surface area contributed by atoms with Crippen LogP contribution in [0.4, 0.5) is 0 Å². The lowest BCUT2D eigenvalue weighted by Crippen LogP contribution is -2.47. The first-order chi connectivity index (χ1) is 8.40. The van der Waals surface area contributed by atoms with Gasteiger partial charge in [0.1, 0.15) is 0 Å². The topological polar surface area (TPSA) is 63.8 Å². The third-order valence-corrected chi connectivity index (χ3v) is 4.18. The molecule has 0 aliphatic heterocycles. The molecule has 1 aliphatic carbocycles. The molecule has 1 N–H and O–H groups in total. The highest BCUT2D eigenvalue weighted by Crippen LogP contribution is 2.42. The molecular formula is C13H24N4O. The highest BCUT2D eigenvalue weighted by molar-refractivity contribution is 4.99. The molecule has 0 aromatic carbocycles. The Morgan fingerprint density at radius 3 is 2.72 bits per heavy atom. The number of hydrogen-bond donors (Lipinski definition) is 1. The Morgan fingerprint density at radius 1 is 1.44 bits per heavy atom. The summed E-state index contributed by atoms with van der Waals surface area (Å²) in [5, 5.41) is 23.1. The van der Waals surface area contributed by atoms with Crippen LogP contribution in [0, 0.1) is 17.8 Å². The van der Waals surface area contributed by atoms with Gasteiger partial charge in [0, 0.05) is 6.42 Å². The molecular weight excluding hydrogens is 228 g/mol. The summed E-state index contributed by atoms with van der Waals surface area (Å²) in [6.07, 6.45) is 3.66. The Hall–Kier alpha value is -0.970. The lowest BCUT2D eigenvalue weighted by molar-refractivity contribution is -0.0807. The van der Waals surface area contributed by atoms with Crippen LogP contribution in [0.1, 0.15) is 45.9 Å². The Bertz CT molecular complexity index is 403. The summed E-state index contributed by atoms with van der Waals surface area (Å²) in [7, 11) is 1.75. The van der Waals surface area contributed by atoms with E-state index in [4.69, 9.17) is 0 Å². The maximum absolute atomic E-state index is 11.0. The molecule has 3 unspecified atom stereocenters. The minimum Gasteiger partial charge on any atom is -0.389 e. The van der Waals surface area contributed by atoms with Crippen LogP contribution in [0.25, 0.3) is 0 Å².